The number of hydrogen-bond donors (Lipinski definition) is 0. The molecule has 5 rings (SSSR count). The van der Waals surface area contributed by atoms with Gasteiger partial charge in [0, 0.05) is 17.0 Å². The highest BCUT2D eigenvalue weighted by Crippen LogP contribution is 2.38. The molecule has 1 aromatic carbocycles. The van der Waals surface area contributed by atoms with E-state index in [0.29, 0.717) is 18.1 Å². The Morgan fingerprint density at radius 3 is 2.96 bits per heavy atom. The van der Waals surface area contributed by atoms with E-state index in [0.717, 1.165) is 40.6 Å². The molecule has 0 saturated heterocycles. The number of allylic oxidation sites excluding steroid dienone is 1. The van der Waals surface area contributed by atoms with Gasteiger partial charge in [-0.25, -0.2) is 4.98 Å². The molecule has 27 heavy (non-hydrogen) atoms. The molecule has 2 aliphatic rings. The number of ketones is 1. The predicted octanol–water partition coefficient (Wildman–Crippen LogP) is 4.03. The molecule has 4 nitrogen and oxygen atoms in total. The number of thiophene rings is 1. The van der Waals surface area contributed by atoms with E-state index in [2.05, 4.69) is 6.58 Å². The Balaban J connectivity index is 1.59. The van der Waals surface area contributed by atoms with Gasteiger partial charge in [-0.1, -0.05) is 42.1 Å². The van der Waals surface area contributed by atoms with Crippen LogP contribution in [0.15, 0.2) is 46.9 Å². The van der Waals surface area contributed by atoms with Crippen LogP contribution < -0.4 is 5.56 Å². The molecule has 0 N–H and O–H groups in total. The second-order valence-electron chi connectivity index (χ2n) is 6.97. The number of carbonyl (C=O) groups is 1. The second kappa shape index (κ2) is 6.46. The average molecular weight is 395 g/mol. The van der Waals surface area contributed by atoms with Gasteiger partial charge < -0.3 is 0 Å². The van der Waals surface area contributed by atoms with Crippen molar-refractivity contribution in [3.8, 4) is 0 Å². The number of hydrogen-bond acceptors (Lipinski definition) is 5. The quantitative estimate of drug-likeness (QED) is 0.495. The SMILES string of the molecule is C=CCn1c(SC2Cc3ccccc3C2=O)nc2sc3c(c2c1=O)CCC3. The Morgan fingerprint density at radius 1 is 1.30 bits per heavy atom. The molecule has 1 unspecified atom stereocenters. The van der Waals surface area contributed by atoms with Crippen molar-refractivity contribution >= 4 is 39.1 Å². The number of carbonyl (C=O) groups excluding carboxylic acids is 1. The smallest absolute Gasteiger partial charge is 0.263 e. The summed E-state index contributed by atoms with van der Waals surface area (Å²) in [6.45, 7) is 4.20. The zero-order valence-corrected chi connectivity index (χ0v) is 16.4. The van der Waals surface area contributed by atoms with E-state index in [1.54, 1.807) is 22.0 Å². The summed E-state index contributed by atoms with van der Waals surface area (Å²) in [5, 5.41) is 1.17. The van der Waals surface area contributed by atoms with E-state index in [4.69, 9.17) is 4.98 Å². The Kier molecular flexibility index (Phi) is 4.06. The molecule has 0 amide bonds. The maximum Gasteiger partial charge on any atom is 0.263 e. The van der Waals surface area contributed by atoms with Gasteiger partial charge in [-0.15, -0.1) is 17.9 Å². The third-order valence-electron chi connectivity index (χ3n) is 5.33. The van der Waals surface area contributed by atoms with Gasteiger partial charge >= 0.3 is 0 Å². The summed E-state index contributed by atoms with van der Waals surface area (Å²) in [4.78, 5) is 32.9. The predicted molar refractivity (Wildman–Crippen MR) is 110 cm³/mol. The van der Waals surface area contributed by atoms with Crippen LogP contribution in [0.3, 0.4) is 0 Å². The van der Waals surface area contributed by atoms with Crippen molar-refractivity contribution in [2.45, 2.75) is 42.6 Å². The van der Waals surface area contributed by atoms with Crippen LogP contribution in [0.4, 0.5) is 0 Å². The lowest BCUT2D eigenvalue weighted by molar-refractivity contribution is 0.1000. The molecule has 2 heterocycles. The highest BCUT2D eigenvalue weighted by Gasteiger charge is 2.32. The first-order valence-corrected chi connectivity index (χ1v) is 10.8. The lowest BCUT2D eigenvalue weighted by Gasteiger charge is -2.13. The molecule has 136 valence electrons. The van der Waals surface area contributed by atoms with Gasteiger partial charge in [-0.05, 0) is 36.8 Å². The van der Waals surface area contributed by atoms with Gasteiger partial charge in [0.2, 0.25) is 0 Å². The number of aryl methyl sites for hydroxylation is 2. The largest absolute Gasteiger partial charge is 0.293 e. The third-order valence-corrected chi connectivity index (χ3v) is 7.70. The van der Waals surface area contributed by atoms with Crippen LogP contribution in [0, 0.1) is 0 Å². The molecular weight excluding hydrogens is 376 g/mol. The van der Waals surface area contributed by atoms with Crippen molar-refractivity contribution in [3.63, 3.8) is 0 Å². The van der Waals surface area contributed by atoms with E-state index in [9.17, 15) is 9.59 Å². The number of rotatable bonds is 4. The number of aromatic nitrogens is 2. The van der Waals surface area contributed by atoms with Crippen LogP contribution in [0.2, 0.25) is 0 Å². The molecule has 0 bridgehead atoms. The van der Waals surface area contributed by atoms with Gasteiger partial charge in [0.25, 0.3) is 5.56 Å². The van der Waals surface area contributed by atoms with Crippen LogP contribution in [-0.2, 0) is 25.8 Å². The molecule has 1 atom stereocenters. The molecule has 0 fully saturated rings. The Hall–Kier alpha value is -2.18. The molecule has 3 aromatic rings. The lowest BCUT2D eigenvalue weighted by Crippen LogP contribution is -2.24. The van der Waals surface area contributed by atoms with E-state index < -0.39 is 0 Å². The van der Waals surface area contributed by atoms with E-state index in [-0.39, 0.29) is 16.6 Å². The molecule has 2 aliphatic carbocycles. The normalized spacial score (nSPS) is 18.1. The van der Waals surface area contributed by atoms with E-state index in [1.165, 1.54) is 22.2 Å². The fourth-order valence-electron chi connectivity index (χ4n) is 4.07. The summed E-state index contributed by atoms with van der Waals surface area (Å²) in [5.74, 6) is 0.128. The number of nitrogens with zero attached hydrogens (tertiary/aromatic N) is 2. The summed E-state index contributed by atoms with van der Waals surface area (Å²) in [6, 6.07) is 7.75. The summed E-state index contributed by atoms with van der Waals surface area (Å²) in [5.41, 5.74) is 3.06. The van der Waals surface area contributed by atoms with Gasteiger partial charge in [0.1, 0.15) is 4.83 Å². The standard InChI is InChI=1S/C21H18N2O2S2/c1-2-10-23-20(25)17-14-8-5-9-15(14)26-19(17)22-21(23)27-16-11-12-6-3-4-7-13(12)18(16)24/h2-4,6-7,16H,1,5,8-11H2. The van der Waals surface area contributed by atoms with Crippen LogP contribution >= 0.6 is 23.1 Å². The summed E-state index contributed by atoms with van der Waals surface area (Å²) in [7, 11) is 0. The maximum atomic E-state index is 13.2. The Morgan fingerprint density at radius 2 is 2.15 bits per heavy atom. The zero-order chi connectivity index (χ0) is 18.5. The molecule has 0 spiro atoms. The Labute approximate surface area is 164 Å². The molecule has 6 heteroatoms. The van der Waals surface area contributed by atoms with Crippen molar-refractivity contribution in [1.82, 2.24) is 9.55 Å². The highest BCUT2D eigenvalue weighted by atomic mass is 32.2. The van der Waals surface area contributed by atoms with E-state index >= 15 is 0 Å². The summed E-state index contributed by atoms with van der Waals surface area (Å²) in [6.07, 6.45) is 5.52. The van der Waals surface area contributed by atoms with Crippen molar-refractivity contribution < 1.29 is 4.79 Å². The fraction of sp³-hybridized carbons (Fsp3) is 0.286. The van der Waals surface area contributed by atoms with Crippen LogP contribution in [-0.4, -0.2) is 20.6 Å². The number of thioether (sulfide) groups is 1. The maximum absolute atomic E-state index is 13.2. The average Bonchev–Trinajstić information content (AvgIpc) is 3.32. The second-order valence-corrected chi connectivity index (χ2v) is 9.22. The van der Waals surface area contributed by atoms with Crippen molar-refractivity contribution in [1.29, 1.82) is 0 Å². The molecular formula is C21H18N2O2S2. The first-order valence-electron chi connectivity index (χ1n) is 9.12. The minimum absolute atomic E-state index is 0.00441. The third kappa shape index (κ3) is 2.62. The molecule has 2 aromatic heterocycles. The number of benzene rings is 1. The fourth-order valence-corrected chi connectivity index (χ4v) is 6.55. The van der Waals surface area contributed by atoms with Crippen LogP contribution in [0.5, 0.6) is 0 Å². The monoisotopic (exact) mass is 394 g/mol. The zero-order valence-electron chi connectivity index (χ0n) is 14.7. The highest BCUT2D eigenvalue weighted by molar-refractivity contribution is 8.00. The van der Waals surface area contributed by atoms with Crippen molar-refractivity contribution in [2.24, 2.45) is 0 Å². The van der Waals surface area contributed by atoms with Crippen LogP contribution in [0.25, 0.3) is 10.2 Å². The molecule has 0 saturated carbocycles. The first kappa shape index (κ1) is 17.0. The number of fused-ring (bicyclic) bond motifs is 4. The van der Waals surface area contributed by atoms with Gasteiger partial charge in [0.15, 0.2) is 10.9 Å². The minimum atomic E-state index is -0.227. The van der Waals surface area contributed by atoms with Gasteiger partial charge in [0.05, 0.1) is 10.6 Å². The first-order chi connectivity index (χ1) is 13.2. The lowest BCUT2D eigenvalue weighted by atomic mass is 10.1. The van der Waals surface area contributed by atoms with E-state index in [1.807, 2.05) is 24.3 Å². The van der Waals surface area contributed by atoms with Crippen molar-refractivity contribution in [3.05, 3.63) is 68.8 Å². The van der Waals surface area contributed by atoms with Crippen LogP contribution in [0.1, 0.15) is 32.8 Å². The summed E-state index contributed by atoms with van der Waals surface area (Å²) < 4.78 is 1.68. The van der Waals surface area contributed by atoms with Gasteiger partial charge in [-0.3, -0.25) is 14.2 Å². The molecule has 0 aliphatic heterocycles. The Bertz CT molecular complexity index is 1160. The van der Waals surface area contributed by atoms with Gasteiger partial charge in [-0.2, -0.15) is 0 Å². The summed E-state index contributed by atoms with van der Waals surface area (Å²) >= 11 is 3.05. The van der Waals surface area contributed by atoms with Crippen molar-refractivity contribution in [2.75, 3.05) is 0 Å². The molecule has 0 radical (unpaired) electrons. The number of Topliss-reactive ketones (excluding diaryl/α,β-unsaturated/α-hetero) is 1. The topological polar surface area (TPSA) is 52.0 Å². The minimum Gasteiger partial charge on any atom is -0.293 e.